The molecule has 1 fully saturated rings. The van der Waals surface area contributed by atoms with Gasteiger partial charge in [0, 0.05) is 39.6 Å². The van der Waals surface area contributed by atoms with Gasteiger partial charge >= 0.3 is 5.97 Å². The lowest BCUT2D eigenvalue weighted by atomic mass is 10.1. The molecule has 0 saturated carbocycles. The van der Waals surface area contributed by atoms with Crippen LogP contribution in [0.4, 0.5) is 0 Å². The molecule has 0 bridgehead atoms. The standard InChI is InChI=1S/C15H20N2O3/c1-12(18)17-7-3-6-16(8-9-17)11-13-4-2-5-14(10-13)15(19)20/h2,4-5,10H,3,6-9,11H2,1H3,(H,19,20). The van der Waals surface area contributed by atoms with E-state index in [1.54, 1.807) is 25.1 Å². The molecule has 1 aliphatic rings. The molecule has 0 radical (unpaired) electrons. The van der Waals surface area contributed by atoms with Gasteiger partial charge in [-0.25, -0.2) is 4.79 Å². The maximum Gasteiger partial charge on any atom is 0.335 e. The van der Waals surface area contributed by atoms with Crippen molar-refractivity contribution in [3.63, 3.8) is 0 Å². The first kappa shape index (κ1) is 14.5. The quantitative estimate of drug-likeness (QED) is 0.907. The number of hydrogen-bond donors (Lipinski definition) is 1. The minimum Gasteiger partial charge on any atom is -0.478 e. The first-order valence-electron chi connectivity index (χ1n) is 6.86. The molecule has 0 unspecified atom stereocenters. The van der Waals surface area contributed by atoms with E-state index in [0.717, 1.165) is 44.7 Å². The lowest BCUT2D eigenvalue weighted by molar-refractivity contribution is -0.128. The molecule has 0 aromatic heterocycles. The van der Waals surface area contributed by atoms with Crippen molar-refractivity contribution in [2.45, 2.75) is 19.9 Å². The second kappa shape index (κ2) is 6.52. The van der Waals surface area contributed by atoms with Gasteiger partial charge in [-0.05, 0) is 24.1 Å². The Bertz CT molecular complexity index is 502. The highest BCUT2D eigenvalue weighted by Gasteiger charge is 2.16. The largest absolute Gasteiger partial charge is 0.478 e. The van der Waals surface area contributed by atoms with Crippen molar-refractivity contribution < 1.29 is 14.7 Å². The molecule has 1 aromatic rings. The SMILES string of the molecule is CC(=O)N1CCCN(Cc2cccc(C(=O)O)c2)CC1. The number of amides is 1. The van der Waals surface area contributed by atoms with Gasteiger partial charge < -0.3 is 10.0 Å². The Balaban J connectivity index is 1.98. The summed E-state index contributed by atoms with van der Waals surface area (Å²) in [7, 11) is 0. The van der Waals surface area contributed by atoms with E-state index in [1.165, 1.54) is 0 Å². The smallest absolute Gasteiger partial charge is 0.335 e. The molecule has 1 aromatic carbocycles. The molecule has 1 N–H and O–H groups in total. The van der Waals surface area contributed by atoms with Crippen molar-refractivity contribution in [3.05, 3.63) is 35.4 Å². The zero-order chi connectivity index (χ0) is 14.5. The van der Waals surface area contributed by atoms with Crippen molar-refractivity contribution >= 4 is 11.9 Å². The third-order valence-electron chi connectivity index (χ3n) is 3.61. The lowest BCUT2D eigenvalue weighted by Gasteiger charge is -2.21. The Labute approximate surface area is 118 Å². The highest BCUT2D eigenvalue weighted by molar-refractivity contribution is 5.87. The van der Waals surface area contributed by atoms with Crippen molar-refractivity contribution in [1.82, 2.24) is 9.80 Å². The summed E-state index contributed by atoms with van der Waals surface area (Å²) in [5.74, 6) is -0.773. The molecule has 2 rings (SSSR count). The molecule has 1 amide bonds. The lowest BCUT2D eigenvalue weighted by Crippen LogP contribution is -2.33. The summed E-state index contributed by atoms with van der Waals surface area (Å²) in [6.07, 6.45) is 0.957. The topological polar surface area (TPSA) is 60.9 Å². The molecule has 108 valence electrons. The van der Waals surface area contributed by atoms with Crippen molar-refractivity contribution in [2.75, 3.05) is 26.2 Å². The summed E-state index contributed by atoms with van der Waals surface area (Å²) in [6.45, 7) is 5.64. The van der Waals surface area contributed by atoms with Gasteiger partial charge in [-0.15, -0.1) is 0 Å². The van der Waals surface area contributed by atoms with Crippen LogP contribution in [0.25, 0.3) is 0 Å². The summed E-state index contributed by atoms with van der Waals surface area (Å²) in [5, 5.41) is 9.00. The third kappa shape index (κ3) is 3.81. The summed E-state index contributed by atoms with van der Waals surface area (Å²) in [4.78, 5) is 26.5. The summed E-state index contributed by atoms with van der Waals surface area (Å²) in [6, 6.07) is 7.04. The van der Waals surface area contributed by atoms with Gasteiger partial charge in [-0.1, -0.05) is 12.1 Å². The number of rotatable bonds is 3. The Kier molecular flexibility index (Phi) is 4.74. The third-order valence-corrected chi connectivity index (χ3v) is 3.61. The van der Waals surface area contributed by atoms with E-state index in [0.29, 0.717) is 5.56 Å². The molecule has 1 aliphatic heterocycles. The molecule has 20 heavy (non-hydrogen) atoms. The normalized spacial score (nSPS) is 16.8. The van der Waals surface area contributed by atoms with E-state index in [1.807, 2.05) is 11.0 Å². The molecule has 0 aliphatic carbocycles. The van der Waals surface area contributed by atoms with Crippen LogP contribution in [0.15, 0.2) is 24.3 Å². The van der Waals surface area contributed by atoms with E-state index in [9.17, 15) is 9.59 Å². The number of nitrogens with zero attached hydrogens (tertiary/aromatic N) is 2. The Morgan fingerprint density at radius 1 is 1.20 bits per heavy atom. The van der Waals surface area contributed by atoms with Crippen molar-refractivity contribution in [1.29, 1.82) is 0 Å². The number of aromatic carboxylic acids is 1. The minimum atomic E-state index is -0.898. The maximum atomic E-state index is 11.4. The molecular weight excluding hydrogens is 256 g/mol. The van der Waals surface area contributed by atoms with Crippen LogP contribution in [0.5, 0.6) is 0 Å². The van der Waals surface area contributed by atoms with Crippen LogP contribution in [-0.2, 0) is 11.3 Å². The minimum absolute atomic E-state index is 0.125. The summed E-state index contributed by atoms with van der Waals surface area (Å²) < 4.78 is 0. The number of carbonyl (C=O) groups is 2. The number of hydrogen-bond acceptors (Lipinski definition) is 3. The van der Waals surface area contributed by atoms with Crippen molar-refractivity contribution in [3.8, 4) is 0 Å². The Morgan fingerprint density at radius 3 is 2.70 bits per heavy atom. The van der Waals surface area contributed by atoms with Gasteiger partial charge in [0.05, 0.1) is 5.56 Å². The predicted octanol–water partition coefficient (Wildman–Crippen LogP) is 1.44. The fraction of sp³-hybridized carbons (Fsp3) is 0.467. The number of carbonyl (C=O) groups excluding carboxylic acids is 1. The van der Waals surface area contributed by atoms with E-state index in [2.05, 4.69) is 4.90 Å². The Hall–Kier alpha value is -1.88. The molecule has 1 saturated heterocycles. The van der Waals surface area contributed by atoms with E-state index in [4.69, 9.17) is 5.11 Å². The van der Waals surface area contributed by atoms with E-state index < -0.39 is 5.97 Å². The zero-order valence-electron chi connectivity index (χ0n) is 11.7. The molecule has 5 nitrogen and oxygen atoms in total. The molecule has 5 heteroatoms. The fourth-order valence-corrected chi connectivity index (χ4v) is 2.50. The van der Waals surface area contributed by atoms with Crippen molar-refractivity contribution in [2.24, 2.45) is 0 Å². The average Bonchev–Trinajstić information content (AvgIpc) is 2.65. The van der Waals surface area contributed by atoms with Crippen LogP contribution in [0.3, 0.4) is 0 Å². The second-order valence-corrected chi connectivity index (χ2v) is 5.14. The van der Waals surface area contributed by atoms with Gasteiger partial charge in [0.1, 0.15) is 0 Å². The maximum absolute atomic E-state index is 11.4. The summed E-state index contributed by atoms with van der Waals surface area (Å²) >= 11 is 0. The first-order chi connectivity index (χ1) is 9.56. The van der Waals surface area contributed by atoms with Crippen LogP contribution in [-0.4, -0.2) is 53.0 Å². The van der Waals surface area contributed by atoms with Crippen LogP contribution in [0.1, 0.15) is 29.3 Å². The average molecular weight is 276 g/mol. The zero-order valence-corrected chi connectivity index (χ0v) is 11.7. The molecule has 1 heterocycles. The summed E-state index contributed by atoms with van der Waals surface area (Å²) in [5.41, 5.74) is 1.32. The van der Waals surface area contributed by atoms with Gasteiger partial charge in [-0.3, -0.25) is 9.69 Å². The van der Waals surface area contributed by atoms with Crippen LogP contribution >= 0.6 is 0 Å². The van der Waals surface area contributed by atoms with E-state index >= 15 is 0 Å². The second-order valence-electron chi connectivity index (χ2n) is 5.14. The number of carboxylic acids is 1. The highest BCUT2D eigenvalue weighted by atomic mass is 16.4. The molecule has 0 spiro atoms. The van der Waals surface area contributed by atoms with Gasteiger partial charge in [0.2, 0.25) is 5.91 Å². The van der Waals surface area contributed by atoms with Crippen LogP contribution < -0.4 is 0 Å². The van der Waals surface area contributed by atoms with Gasteiger partial charge in [-0.2, -0.15) is 0 Å². The monoisotopic (exact) mass is 276 g/mol. The molecule has 0 atom stereocenters. The van der Waals surface area contributed by atoms with E-state index in [-0.39, 0.29) is 5.91 Å². The number of carboxylic acid groups (broad SMARTS) is 1. The highest BCUT2D eigenvalue weighted by Crippen LogP contribution is 2.11. The van der Waals surface area contributed by atoms with Gasteiger partial charge in [0.25, 0.3) is 0 Å². The van der Waals surface area contributed by atoms with Crippen LogP contribution in [0.2, 0.25) is 0 Å². The number of benzene rings is 1. The van der Waals surface area contributed by atoms with Crippen LogP contribution in [0, 0.1) is 0 Å². The predicted molar refractivity (Wildman–Crippen MR) is 75.5 cm³/mol. The molecular formula is C15H20N2O3. The van der Waals surface area contributed by atoms with Gasteiger partial charge in [0.15, 0.2) is 0 Å². The first-order valence-corrected chi connectivity index (χ1v) is 6.86. The fourth-order valence-electron chi connectivity index (χ4n) is 2.50. The Morgan fingerprint density at radius 2 is 2.00 bits per heavy atom.